The Bertz CT molecular complexity index is 540. The van der Waals surface area contributed by atoms with Crippen molar-refractivity contribution in [3.8, 4) is 5.75 Å². The van der Waals surface area contributed by atoms with Crippen LogP contribution in [0.3, 0.4) is 0 Å². The highest BCUT2D eigenvalue weighted by atomic mass is 79.9. The number of ether oxygens (including phenoxy) is 1. The first-order valence-electron chi connectivity index (χ1n) is 4.95. The number of ketones is 1. The number of benzene rings is 1. The number of nitrogens with zero attached hydrogens (tertiary/aromatic N) is 1. The van der Waals surface area contributed by atoms with Gasteiger partial charge in [0.05, 0.1) is 16.1 Å². The van der Waals surface area contributed by atoms with E-state index in [4.69, 9.17) is 0 Å². The molecule has 1 aromatic rings. The summed E-state index contributed by atoms with van der Waals surface area (Å²) in [5.74, 6) is -1.17. The van der Waals surface area contributed by atoms with Gasteiger partial charge in [0.1, 0.15) is 5.75 Å². The molecular formula is C11H7BrF3NO2. The van der Waals surface area contributed by atoms with E-state index in [9.17, 15) is 18.0 Å². The Morgan fingerprint density at radius 3 is 2.67 bits per heavy atom. The van der Waals surface area contributed by atoms with Crippen molar-refractivity contribution < 1.29 is 22.7 Å². The summed E-state index contributed by atoms with van der Waals surface area (Å²) in [5, 5.41) is 0. The molecule has 1 atom stereocenters. The zero-order chi connectivity index (χ0) is 13.5. The van der Waals surface area contributed by atoms with Crippen molar-refractivity contribution in [1.82, 2.24) is 0 Å². The predicted octanol–water partition coefficient (Wildman–Crippen LogP) is 3.88. The van der Waals surface area contributed by atoms with Gasteiger partial charge in [-0.15, -0.1) is 13.2 Å². The number of carbonyl (C=O) groups excluding carboxylic acids is 1. The third-order valence-electron chi connectivity index (χ3n) is 2.39. The van der Waals surface area contributed by atoms with Crippen LogP contribution in [0.15, 0.2) is 21.6 Å². The van der Waals surface area contributed by atoms with Gasteiger partial charge < -0.3 is 4.74 Å². The van der Waals surface area contributed by atoms with E-state index in [1.807, 2.05) is 0 Å². The summed E-state index contributed by atoms with van der Waals surface area (Å²) >= 11 is 2.95. The number of hydrogen-bond donors (Lipinski definition) is 0. The van der Waals surface area contributed by atoms with E-state index in [2.05, 4.69) is 25.7 Å². The molecule has 1 aliphatic heterocycles. The molecule has 0 amide bonds. The quantitative estimate of drug-likeness (QED) is 0.787. The van der Waals surface area contributed by atoms with Crippen molar-refractivity contribution >= 4 is 33.6 Å². The fraction of sp³-hybridized carbons (Fsp3) is 0.273. The number of rotatable bonds is 1. The normalized spacial score (nSPS) is 18.7. The van der Waals surface area contributed by atoms with Crippen molar-refractivity contribution in [1.29, 1.82) is 0 Å². The van der Waals surface area contributed by atoms with E-state index in [0.29, 0.717) is 5.69 Å². The van der Waals surface area contributed by atoms with E-state index in [1.165, 1.54) is 12.3 Å². The van der Waals surface area contributed by atoms with Crippen LogP contribution in [-0.2, 0) is 0 Å². The Morgan fingerprint density at radius 2 is 2.06 bits per heavy atom. The largest absolute Gasteiger partial charge is 0.573 e. The zero-order valence-corrected chi connectivity index (χ0v) is 10.7. The molecule has 7 heteroatoms. The first-order valence-corrected chi connectivity index (χ1v) is 5.75. The first kappa shape index (κ1) is 13.1. The molecule has 1 unspecified atom stereocenters. The van der Waals surface area contributed by atoms with Crippen LogP contribution in [0.4, 0.5) is 18.9 Å². The number of Topliss-reactive ketones (excluding diaryl/α,β-unsaturated/α-hetero) is 1. The third-order valence-corrected chi connectivity index (χ3v) is 3.01. The summed E-state index contributed by atoms with van der Waals surface area (Å²) in [6.45, 7) is 1.63. The second-order valence-corrected chi connectivity index (χ2v) is 4.63. The van der Waals surface area contributed by atoms with Crippen molar-refractivity contribution in [2.24, 2.45) is 10.9 Å². The maximum absolute atomic E-state index is 12.2. The van der Waals surface area contributed by atoms with Gasteiger partial charge in [-0.05, 0) is 28.1 Å². The number of aliphatic imine (C=N–C) groups is 1. The number of alkyl halides is 3. The maximum atomic E-state index is 12.2. The Hall–Kier alpha value is -1.37. The average molecular weight is 322 g/mol. The molecule has 0 saturated heterocycles. The highest BCUT2D eigenvalue weighted by molar-refractivity contribution is 9.10. The molecule has 0 aliphatic carbocycles. The van der Waals surface area contributed by atoms with Crippen LogP contribution in [0.25, 0.3) is 0 Å². The lowest BCUT2D eigenvalue weighted by Gasteiger charge is -2.17. The number of halogens is 4. The molecule has 96 valence electrons. The molecular weight excluding hydrogens is 315 g/mol. The van der Waals surface area contributed by atoms with E-state index in [1.54, 1.807) is 6.92 Å². The lowest BCUT2D eigenvalue weighted by atomic mass is 9.96. The number of fused-ring (bicyclic) bond motifs is 1. The molecule has 0 aromatic heterocycles. The summed E-state index contributed by atoms with van der Waals surface area (Å²) in [7, 11) is 0. The standard InChI is InChI=1S/C11H7BrF3NO2/c1-5-4-16-8-3-7(12)9(18-11(13,14)15)2-6(8)10(5)17/h2-5H,1H3. The Labute approximate surface area is 109 Å². The molecule has 1 aromatic carbocycles. The molecule has 0 N–H and O–H groups in total. The molecule has 1 aliphatic rings. The first-order chi connectivity index (χ1) is 8.28. The second-order valence-electron chi connectivity index (χ2n) is 3.78. The minimum absolute atomic E-state index is 0.0954. The number of hydrogen-bond acceptors (Lipinski definition) is 3. The summed E-state index contributed by atoms with van der Waals surface area (Å²) in [5.41, 5.74) is 0.465. The minimum atomic E-state index is -4.80. The van der Waals surface area contributed by atoms with Crippen molar-refractivity contribution in [2.75, 3.05) is 0 Å². The van der Waals surface area contributed by atoms with Gasteiger partial charge in [0.25, 0.3) is 0 Å². The monoisotopic (exact) mass is 321 g/mol. The zero-order valence-electron chi connectivity index (χ0n) is 9.08. The summed E-state index contributed by atoms with van der Waals surface area (Å²) in [6.07, 6.45) is -3.34. The molecule has 0 saturated carbocycles. The Morgan fingerprint density at radius 1 is 1.39 bits per heavy atom. The predicted molar refractivity (Wildman–Crippen MR) is 62.5 cm³/mol. The fourth-order valence-electron chi connectivity index (χ4n) is 1.56. The van der Waals surface area contributed by atoms with Crippen LogP contribution >= 0.6 is 15.9 Å². The van der Waals surface area contributed by atoms with Crippen LogP contribution < -0.4 is 4.74 Å². The molecule has 0 radical (unpaired) electrons. The van der Waals surface area contributed by atoms with Crippen LogP contribution in [0, 0.1) is 5.92 Å². The SMILES string of the molecule is CC1C=Nc2cc(Br)c(OC(F)(F)F)cc2C1=O. The molecule has 0 spiro atoms. The van der Waals surface area contributed by atoms with E-state index >= 15 is 0 Å². The van der Waals surface area contributed by atoms with Gasteiger partial charge in [0, 0.05) is 11.8 Å². The third kappa shape index (κ3) is 2.55. The van der Waals surface area contributed by atoms with Crippen LogP contribution in [0.5, 0.6) is 5.75 Å². The van der Waals surface area contributed by atoms with Gasteiger partial charge in [-0.25, -0.2) is 0 Å². The van der Waals surface area contributed by atoms with E-state index in [0.717, 1.165) is 6.07 Å². The van der Waals surface area contributed by atoms with Gasteiger partial charge >= 0.3 is 6.36 Å². The average Bonchev–Trinajstić information content (AvgIpc) is 2.24. The molecule has 0 fully saturated rings. The summed E-state index contributed by atoms with van der Waals surface area (Å²) < 4.78 is 40.4. The van der Waals surface area contributed by atoms with Crippen LogP contribution in [0.1, 0.15) is 17.3 Å². The summed E-state index contributed by atoms with van der Waals surface area (Å²) in [6, 6.07) is 2.39. The van der Waals surface area contributed by atoms with Crippen molar-refractivity contribution in [2.45, 2.75) is 13.3 Å². The van der Waals surface area contributed by atoms with Crippen LogP contribution in [0.2, 0.25) is 0 Å². The molecule has 0 bridgehead atoms. The molecule has 3 nitrogen and oxygen atoms in total. The van der Waals surface area contributed by atoms with Crippen LogP contribution in [-0.4, -0.2) is 18.4 Å². The highest BCUT2D eigenvalue weighted by Crippen LogP contribution is 2.38. The minimum Gasteiger partial charge on any atom is -0.405 e. The lowest BCUT2D eigenvalue weighted by Crippen LogP contribution is -2.19. The van der Waals surface area contributed by atoms with Gasteiger partial charge in [-0.2, -0.15) is 0 Å². The second kappa shape index (κ2) is 4.38. The van der Waals surface area contributed by atoms with Gasteiger partial charge in [0.2, 0.25) is 0 Å². The van der Waals surface area contributed by atoms with E-state index in [-0.39, 0.29) is 15.8 Å². The molecule has 2 rings (SSSR count). The highest BCUT2D eigenvalue weighted by Gasteiger charge is 2.33. The smallest absolute Gasteiger partial charge is 0.405 e. The lowest BCUT2D eigenvalue weighted by molar-refractivity contribution is -0.274. The van der Waals surface area contributed by atoms with Gasteiger partial charge in [0.15, 0.2) is 5.78 Å². The fourth-order valence-corrected chi connectivity index (χ4v) is 1.97. The van der Waals surface area contributed by atoms with Crippen molar-refractivity contribution in [3.63, 3.8) is 0 Å². The summed E-state index contributed by atoms with van der Waals surface area (Å²) in [4.78, 5) is 15.8. The topological polar surface area (TPSA) is 38.7 Å². The number of carbonyl (C=O) groups is 1. The van der Waals surface area contributed by atoms with Gasteiger partial charge in [-0.1, -0.05) is 6.92 Å². The molecule has 18 heavy (non-hydrogen) atoms. The maximum Gasteiger partial charge on any atom is 0.573 e. The Balaban J connectivity index is 2.48. The Kier molecular flexibility index (Phi) is 3.18. The molecule has 1 heterocycles. The van der Waals surface area contributed by atoms with Crippen molar-refractivity contribution in [3.05, 3.63) is 22.2 Å². The van der Waals surface area contributed by atoms with Gasteiger partial charge in [-0.3, -0.25) is 9.79 Å². The van der Waals surface area contributed by atoms with E-state index < -0.39 is 18.0 Å².